The molecule has 2 unspecified atom stereocenters. The third-order valence-electron chi connectivity index (χ3n) is 5.13. The lowest BCUT2D eigenvalue weighted by Gasteiger charge is -2.30. The summed E-state index contributed by atoms with van der Waals surface area (Å²) in [4.78, 5) is 21.4. The van der Waals surface area contributed by atoms with E-state index in [0.717, 1.165) is 19.3 Å². The minimum Gasteiger partial charge on any atom is -0.870 e. The molecule has 3 N–H and O–H groups in total. The summed E-state index contributed by atoms with van der Waals surface area (Å²) in [7, 11) is 1.05. The first kappa shape index (κ1) is 35.4. The molecule has 0 saturated carbocycles. The van der Waals surface area contributed by atoms with E-state index >= 15 is 0 Å². The minimum atomic E-state index is -4.50. The molecule has 0 bridgehead atoms. The van der Waals surface area contributed by atoms with Crippen molar-refractivity contribution < 1.29 is 43.1 Å². The predicted molar refractivity (Wildman–Crippen MR) is 134 cm³/mol. The van der Waals surface area contributed by atoms with Crippen molar-refractivity contribution in [2.75, 3.05) is 34.3 Å². The largest absolute Gasteiger partial charge is 0.870 e. The van der Waals surface area contributed by atoms with Crippen LogP contribution in [0.15, 0.2) is 12.7 Å². The van der Waals surface area contributed by atoms with Crippen LogP contribution >= 0.6 is 7.82 Å². The summed E-state index contributed by atoms with van der Waals surface area (Å²) in [5, 5.41) is 9.11. The molecule has 0 spiro atoms. The molecule has 0 aliphatic carbocycles. The molecule has 34 heavy (non-hydrogen) atoms. The fourth-order valence-electron chi connectivity index (χ4n) is 3.62. The number of hydrogen-bond donors (Lipinski definition) is 2. The smallest absolute Gasteiger partial charge is 0.475 e. The topological polar surface area (TPSA) is 132 Å². The number of nitrogens with zero attached hydrogens (tertiary/aromatic N) is 1. The van der Waals surface area contributed by atoms with Gasteiger partial charge in [-0.05, 0) is 12.8 Å². The third-order valence-corrected chi connectivity index (χ3v) is 6.20. The molecule has 0 aromatic rings. The van der Waals surface area contributed by atoms with Crippen LogP contribution in [0.4, 0.5) is 0 Å². The maximum atomic E-state index is 12.6. The second kappa shape index (κ2) is 20.4. The van der Waals surface area contributed by atoms with Gasteiger partial charge < -0.3 is 24.7 Å². The highest BCUT2D eigenvalue weighted by Crippen LogP contribution is 2.47. The summed E-state index contributed by atoms with van der Waals surface area (Å²) >= 11 is 0. The zero-order chi connectivity index (χ0) is 25.2. The van der Waals surface area contributed by atoms with Gasteiger partial charge in [-0.15, -0.1) is 6.58 Å². The van der Waals surface area contributed by atoms with Crippen molar-refractivity contribution in [1.82, 2.24) is 0 Å². The van der Waals surface area contributed by atoms with Crippen LogP contribution in [0.1, 0.15) is 90.4 Å². The van der Waals surface area contributed by atoms with Crippen LogP contribution in [-0.2, 0) is 23.1 Å². The molecule has 0 aromatic heterocycles. The Morgan fingerprint density at radius 3 is 1.91 bits per heavy atom. The number of likely N-dealkylation sites (N-methyl/N-ethyl adjacent to an activating group) is 1. The van der Waals surface area contributed by atoms with Gasteiger partial charge in [0, 0.05) is 0 Å². The van der Waals surface area contributed by atoms with Crippen LogP contribution in [0.5, 0.6) is 0 Å². The second-order valence-corrected chi connectivity index (χ2v) is 11.1. The molecule has 10 heteroatoms. The Labute approximate surface area is 207 Å². The Balaban J connectivity index is 0. The van der Waals surface area contributed by atoms with Gasteiger partial charge in [-0.3, -0.25) is 13.8 Å². The Kier molecular flexibility index (Phi) is 21.2. The van der Waals surface area contributed by atoms with Gasteiger partial charge in [0.05, 0.1) is 34.2 Å². The van der Waals surface area contributed by atoms with Gasteiger partial charge in [-0.1, -0.05) is 77.2 Å². The fourth-order valence-corrected chi connectivity index (χ4v) is 4.65. The molecule has 0 rings (SSSR count). The van der Waals surface area contributed by atoms with Gasteiger partial charge in [0.15, 0.2) is 6.29 Å². The number of rotatable bonds is 23. The summed E-state index contributed by atoms with van der Waals surface area (Å²) in [5.74, 6) is -1.10. The quantitative estimate of drug-likeness (QED) is 0.0585. The number of carboxylic acids is 1. The number of unbranched alkanes of at least 4 members (excludes halogenated alkanes) is 10. The normalized spacial score (nSPS) is 15.2. The molecule has 204 valence electrons. The van der Waals surface area contributed by atoms with E-state index in [1.165, 1.54) is 51.4 Å². The van der Waals surface area contributed by atoms with E-state index in [1.54, 1.807) is 6.08 Å². The van der Waals surface area contributed by atoms with Gasteiger partial charge in [-0.25, -0.2) is 4.57 Å². The lowest BCUT2D eigenvalue weighted by molar-refractivity contribution is -0.873. The molecular formula is C24H50NO8P. The van der Waals surface area contributed by atoms with E-state index in [4.69, 9.17) is 18.9 Å². The van der Waals surface area contributed by atoms with Crippen LogP contribution in [-0.4, -0.2) is 72.6 Å². The first-order valence-electron chi connectivity index (χ1n) is 12.4. The maximum Gasteiger partial charge on any atom is 0.475 e. The molecule has 0 aliphatic heterocycles. The standard InChI is InChI=1S/C24H48NO7P.H2O/c1-6-8-9-10-11-12-13-14-15-16-17-18-24(30-19-7-2)32-33(28,29)31-22(20-23(26)27)21-25(3,4)5;/h7,22,24H,2,6,8-21H2,1,3-5H3,(H-,26,27,28,29);1H2/t22-,24?;/m1./s1. The molecule has 0 radical (unpaired) electrons. The molecule has 3 atom stereocenters. The number of quaternary nitrogens is 1. The van der Waals surface area contributed by atoms with Crippen molar-refractivity contribution >= 4 is 13.8 Å². The number of phosphoric acid groups is 1. The van der Waals surface area contributed by atoms with E-state index in [1.807, 2.05) is 21.1 Å². The summed E-state index contributed by atoms with van der Waals surface area (Å²) in [6.45, 7) is 6.26. The second-order valence-electron chi connectivity index (χ2n) is 9.75. The third kappa shape index (κ3) is 23.0. The van der Waals surface area contributed by atoms with Gasteiger partial charge in [0.2, 0.25) is 0 Å². The van der Waals surface area contributed by atoms with Crippen LogP contribution in [0.3, 0.4) is 0 Å². The summed E-state index contributed by atoms with van der Waals surface area (Å²) in [6.07, 6.45) is 13.0. The lowest BCUT2D eigenvalue weighted by Crippen LogP contribution is -2.43. The van der Waals surface area contributed by atoms with Crippen molar-refractivity contribution in [1.29, 1.82) is 0 Å². The van der Waals surface area contributed by atoms with Crippen LogP contribution in [0.25, 0.3) is 0 Å². The Bertz CT molecular complexity index is 568. The van der Waals surface area contributed by atoms with E-state index in [0.29, 0.717) is 10.9 Å². The van der Waals surface area contributed by atoms with E-state index in [9.17, 15) is 14.3 Å². The first-order valence-corrected chi connectivity index (χ1v) is 13.9. The Morgan fingerprint density at radius 1 is 0.971 bits per heavy atom. The SMILES string of the molecule is C=CCOC(CCCCCCCCCCCCC)OP(=O)(O)O[C@H](CC(=O)O)C[N+](C)(C)C.[OH-]. The van der Waals surface area contributed by atoms with E-state index in [-0.39, 0.29) is 25.0 Å². The molecule has 0 heterocycles. The Hall–Kier alpha value is -0.800. The molecule has 0 amide bonds. The van der Waals surface area contributed by atoms with Crippen LogP contribution < -0.4 is 0 Å². The fraction of sp³-hybridized carbons (Fsp3) is 0.875. The monoisotopic (exact) mass is 511 g/mol. The lowest BCUT2D eigenvalue weighted by atomic mass is 10.1. The van der Waals surface area contributed by atoms with Crippen molar-refractivity contribution in [2.45, 2.75) is 103 Å². The number of carbonyl (C=O) groups is 1. The number of phosphoric ester groups is 1. The molecule has 0 fully saturated rings. The minimum absolute atomic E-state index is 0. The van der Waals surface area contributed by atoms with Gasteiger partial charge in [0.25, 0.3) is 0 Å². The van der Waals surface area contributed by atoms with Gasteiger partial charge in [-0.2, -0.15) is 0 Å². The summed E-state index contributed by atoms with van der Waals surface area (Å²) in [6, 6.07) is 0. The Morgan fingerprint density at radius 2 is 1.47 bits per heavy atom. The van der Waals surface area contributed by atoms with E-state index < -0.39 is 26.2 Å². The zero-order valence-electron chi connectivity index (χ0n) is 21.8. The van der Waals surface area contributed by atoms with E-state index in [2.05, 4.69) is 13.5 Å². The van der Waals surface area contributed by atoms with Crippen molar-refractivity contribution in [3.63, 3.8) is 0 Å². The predicted octanol–water partition coefficient (Wildman–Crippen LogP) is 5.72. The number of aliphatic carboxylic acids is 1. The number of carboxylic acid groups (broad SMARTS) is 1. The first-order chi connectivity index (χ1) is 15.5. The van der Waals surface area contributed by atoms with Gasteiger partial charge >= 0.3 is 13.8 Å². The zero-order valence-corrected chi connectivity index (χ0v) is 22.7. The van der Waals surface area contributed by atoms with Crippen LogP contribution in [0, 0.1) is 0 Å². The van der Waals surface area contributed by atoms with Gasteiger partial charge in [0.1, 0.15) is 12.6 Å². The van der Waals surface area contributed by atoms with Crippen molar-refractivity contribution in [3.05, 3.63) is 12.7 Å². The number of hydrogen-bond acceptors (Lipinski definition) is 6. The van der Waals surface area contributed by atoms with Crippen molar-refractivity contribution in [2.24, 2.45) is 0 Å². The highest BCUT2D eigenvalue weighted by molar-refractivity contribution is 7.47. The average Bonchev–Trinajstić information content (AvgIpc) is 2.67. The highest BCUT2D eigenvalue weighted by atomic mass is 31.2. The molecular weight excluding hydrogens is 461 g/mol. The summed E-state index contributed by atoms with van der Waals surface area (Å²) < 4.78 is 29.0. The molecule has 0 saturated heterocycles. The molecule has 0 aromatic carbocycles. The summed E-state index contributed by atoms with van der Waals surface area (Å²) in [5.41, 5.74) is 0. The maximum absolute atomic E-state index is 12.6. The molecule has 9 nitrogen and oxygen atoms in total. The molecule has 0 aliphatic rings. The number of ether oxygens (including phenoxy) is 1. The highest BCUT2D eigenvalue weighted by Gasteiger charge is 2.34. The average molecular weight is 512 g/mol. The van der Waals surface area contributed by atoms with Crippen molar-refractivity contribution in [3.8, 4) is 0 Å². The van der Waals surface area contributed by atoms with Crippen LogP contribution in [0.2, 0.25) is 0 Å².